The number of β-lactam (4-membered cyclic amide) rings is 1. The van der Waals surface area contributed by atoms with Gasteiger partial charge in [-0.1, -0.05) is 16.2 Å². The molecule has 0 aliphatic carbocycles. The number of hydroxylamine groups is 2. The van der Waals surface area contributed by atoms with Crippen LogP contribution in [0.5, 0.6) is 5.75 Å². The van der Waals surface area contributed by atoms with Crippen LogP contribution in [0.4, 0.5) is 11.1 Å². The number of thiazole rings is 1. The first kappa shape index (κ1) is 38.2. The Morgan fingerprint density at radius 1 is 1.29 bits per heavy atom. The maximum absolute atomic E-state index is 13.5. The van der Waals surface area contributed by atoms with Crippen LogP contribution in [0, 0.1) is 0 Å². The van der Waals surface area contributed by atoms with Crippen molar-refractivity contribution in [2.75, 3.05) is 24.1 Å². The van der Waals surface area contributed by atoms with E-state index in [1.54, 1.807) is 12.3 Å². The van der Waals surface area contributed by atoms with Gasteiger partial charge in [0.2, 0.25) is 0 Å². The zero-order valence-electron chi connectivity index (χ0n) is 28.5. The van der Waals surface area contributed by atoms with Gasteiger partial charge in [0.05, 0.1) is 24.8 Å². The van der Waals surface area contributed by atoms with Crippen molar-refractivity contribution < 1.29 is 50.9 Å². The molecule has 10 N–H and O–H groups in total. The minimum absolute atomic E-state index is 0.0554. The molecule has 3 aromatic rings. The van der Waals surface area contributed by atoms with Crippen LogP contribution in [-0.4, -0.2) is 99.0 Å². The van der Waals surface area contributed by atoms with Crippen molar-refractivity contribution in [3.63, 3.8) is 0 Å². The van der Waals surface area contributed by atoms with Gasteiger partial charge in [-0.3, -0.25) is 19.5 Å². The van der Waals surface area contributed by atoms with E-state index in [4.69, 9.17) is 31.3 Å². The molecule has 3 atom stereocenters. The van der Waals surface area contributed by atoms with Crippen molar-refractivity contribution in [1.82, 2.24) is 20.3 Å². The van der Waals surface area contributed by atoms with Gasteiger partial charge in [-0.15, -0.1) is 15.6 Å². The summed E-state index contributed by atoms with van der Waals surface area (Å²) in [5, 5.41) is 21.7. The van der Waals surface area contributed by atoms with Gasteiger partial charge in [-0.2, -0.15) is 13.5 Å². The third-order valence-electron chi connectivity index (χ3n) is 8.70. The van der Waals surface area contributed by atoms with Crippen LogP contribution in [0.25, 0.3) is 11.1 Å². The summed E-state index contributed by atoms with van der Waals surface area (Å²) in [5.74, 6) is -2.43. The van der Waals surface area contributed by atoms with Gasteiger partial charge in [-0.25, -0.2) is 14.3 Å². The minimum atomic E-state index is -5.04. The monoisotopic (exact) mass is 763 g/mol. The maximum atomic E-state index is 13.5. The molecule has 20 nitrogen and oxygen atoms in total. The highest BCUT2D eigenvalue weighted by atomic mass is 32.3. The number of carbonyl (C=O) groups is 3. The highest BCUT2D eigenvalue weighted by Gasteiger charge is 2.58. The fraction of sp³-hybridized carbons (Fsp3) is 0.433. The van der Waals surface area contributed by atoms with Gasteiger partial charge in [-0.05, 0) is 56.9 Å². The number of carbonyl (C=O) groups excluding carboxylic acids is 2. The molecule has 280 valence electrons. The predicted molar refractivity (Wildman–Crippen MR) is 185 cm³/mol. The van der Waals surface area contributed by atoms with E-state index in [-0.39, 0.29) is 23.3 Å². The number of aromatic nitrogens is 3. The van der Waals surface area contributed by atoms with Crippen molar-refractivity contribution in [2.24, 2.45) is 23.7 Å². The number of nitrogens with two attached hydrogens (primary N) is 3. The number of benzene rings is 1. The van der Waals surface area contributed by atoms with E-state index in [0.717, 1.165) is 28.0 Å². The first-order chi connectivity index (χ1) is 24.4. The van der Waals surface area contributed by atoms with Crippen molar-refractivity contribution >= 4 is 56.3 Å². The number of nitrogen functional groups attached to an aromatic ring is 1. The molecule has 0 saturated carbocycles. The van der Waals surface area contributed by atoms with Crippen molar-refractivity contribution in [2.45, 2.75) is 62.9 Å². The average molecular weight is 764 g/mol. The van der Waals surface area contributed by atoms with Crippen molar-refractivity contribution in [1.29, 1.82) is 0 Å². The standard InChI is InChI=1S/C30H38N10O10S2/c1-29(2)23(25(42)40(29)50-52(45,46)47)37-24(41)22(19-14-51-27(33)36-19)38-49-30(3,26(43)44)21-8-6-16-9-15(5-7-20(16)48-21)17-12-34-28(39(4)13-17)35-18(10-31)11-32/h5,7,9,12-14,18,21,23H,6,8,10-11,31-32H2,1-4H3,(H5,33,36,37,41,43,44,45,46,47)/p+1/b38-22-/t21-,23-,30?/m1/s1. The fourth-order valence-electron chi connectivity index (χ4n) is 5.56. The molecule has 5 rings (SSSR count). The lowest BCUT2D eigenvalue weighted by molar-refractivity contribution is -0.659. The minimum Gasteiger partial charge on any atom is -0.485 e. The van der Waals surface area contributed by atoms with E-state index in [1.807, 2.05) is 29.9 Å². The van der Waals surface area contributed by atoms with E-state index in [9.17, 15) is 27.9 Å². The van der Waals surface area contributed by atoms with Crippen LogP contribution < -0.4 is 37.1 Å². The molecule has 1 fully saturated rings. The SMILES string of the molecule is C[n+]1cc(-c2ccc3c(c2)CC[C@H](C(C)(O/N=C(\C(=O)N[C@@H]2C(=O)N(OS(=O)(=O)O)C2(C)C)c2csc(N)n2)C(=O)O)O3)cnc1NC(CN)CN. The quantitative estimate of drug-likeness (QED) is 0.0344. The van der Waals surface area contributed by atoms with Crippen LogP contribution >= 0.6 is 11.3 Å². The molecular weight excluding hydrogens is 725 g/mol. The van der Waals surface area contributed by atoms with Gasteiger partial charge in [0, 0.05) is 24.0 Å². The number of rotatable bonds is 14. The third-order valence-corrected chi connectivity index (χ3v) is 9.71. The summed E-state index contributed by atoms with van der Waals surface area (Å²) in [6.45, 7) is 4.68. The number of amides is 2. The number of carboxylic acid groups (broad SMARTS) is 1. The lowest BCUT2D eigenvalue weighted by Crippen LogP contribution is -2.76. The van der Waals surface area contributed by atoms with Crippen LogP contribution in [0.2, 0.25) is 0 Å². The number of fused-ring (bicyclic) bond motifs is 1. The molecule has 22 heteroatoms. The van der Waals surface area contributed by atoms with Gasteiger partial charge < -0.3 is 37.2 Å². The van der Waals surface area contributed by atoms with Crippen LogP contribution in [0.1, 0.15) is 38.4 Å². The molecule has 2 aliphatic heterocycles. The van der Waals surface area contributed by atoms with Gasteiger partial charge in [0.1, 0.15) is 23.7 Å². The number of hydrogen-bond donors (Lipinski definition) is 7. The Morgan fingerprint density at radius 3 is 2.58 bits per heavy atom. The predicted octanol–water partition coefficient (Wildman–Crippen LogP) is -0.892. The molecule has 2 aromatic heterocycles. The number of nitrogens with one attached hydrogen (secondary N) is 2. The normalized spacial score (nSPS) is 19.6. The maximum Gasteiger partial charge on any atom is 0.418 e. The summed E-state index contributed by atoms with van der Waals surface area (Å²) in [6.07, 6.45) is 3.15. The molecule has 1 unspecified atom stereocenters. The smallest absolute Gasteiger partial charge is 0.418 e. The Morgan fingerprint density at radius 2 is 2.00 bits per heavy atom. The topological polar surface area (TPSA) is 301 Å². The Hall–Kier alpha value is -5.00. The Bertz CT molecular complexity index is 2020. The highest BCUT2D eigenvalue weighted by molar-refractivity contribution is 7.80. The number of oxime groups is 1. The molecular formula is C30H39N10O10S2+. The number of hydrogen-bond acceptors (Lipinski definition) is 16. The zero-order valence-corrected chi connectivity index (χ0v) is 30.1. The molecule has 1 aromatic carbocycles. The second kappa shape index (κ2) is 14.6. The summed E-state index contributed by atoms with van der Waals surface area (Å²) in [5.41, 5.74) is 15.6. The average Bonchev–Trinajstić information content (AvgIpc) is 3.53. The molecule has 2 amide bonds. The lowest BCUT2D eigenvalue weighted by atomic mass is 9.84. The molecule has 0 spiro atoms. The number of anilines is 2. The zero-order chi connectivity index (χ0) is 38.2. The second-order valence-corrected chi connectivity index (χ2v) is 14.7. The largest absolute Gasteiger partial charge is 0.485 e. The molecule has 4 heterocycles. The summed E-state index contributed by atoms with van der Waals surface area (Å²) < 4.78 is 43.7. The first-order valence-corrected chi connectivity index (χ1v) is 18.0. The number of aryl methyl sites for hydroxylation is 2. The van der Waals surface area contributed by atoms with E-state index < -0.39 is 57.2 Å². The summed E-state index contributed by atoms with van der Waals surface area (Å²) in [6, 6.07) is 3.98. The first-order valence-electron chi connectivity index (χ1n) is 15.7. The number of nitrogens with zero attached hydrogens (tertiary/aromatic N) is 5. The molecule has 1 saturated heterocycles. The van der Waals surface area contributed by atoms with Crippen LogP contribution in [-0.2, 0) is 47.4 Å². The van der Waals surface area contributed by atoms with E-state index in [0.29, 0.717) is 36.3 Å². The molecule has 2 aliphatic rings. The van der Waals surface area contributed by atoms with Crippen molar-refractivity contribution in [3.8, 4) is 16.9 Å². The Balaban J connectivity index is 1.35. The number of aliphatic carboxylic acids is 1. The fourth-order valence-corrected chi connectivity index (χ4v) is 6.56. The Kier molecular flexibility index (Phi) is 10.7. The van der Waals surface area contributed by atoms with Crippen LogP contribution in [0.15, 0.2) is 41.1 Å². The summed E-state index contributed by atoms with van der Waals surface area (Å²) >= 11 is 0.963. The number of ether oxygens (including phenoxy) is 1. The summed E-state index contributed by atoms with van der Waals surface area (Å²) in [7, 11) is -3.20. The summed E-state index contributed by atoms with van der Waals surface area (Å²) in [4.78, 5) is 53.0. The van der Waals surface area contributed by atoms with Gasteiger partial charge in [0.25, 0.3) is 17.4 Å². The van der Waals surface area contributed by atoms with Crippen LogP contribution in [0.3, 0.4) is 0 Å². The van der Waals surface area contributed by atoms with Gasteiger partial charge >= 0.3 is 22.3 Å². The lowest BCUT2D eigenvalue weighted by Gasteiger charge is -2.50. The van der Waals surface area contributed by atoms with Gasteiger partial charge in [0.15, 0.2) is 16.9 Å². The third kappa shape index (κ3) is 7.75. The Labute approximate surface area is 301 Å². The van der Waals surface area contributed by atoms with E-state index in [1.165, 1.54) is 26.2 Å². The highest BCUT2D eigenvalue weighted by Crippen LogP contribution is 2.37. The molecule has 52 heavy (non-hydrogen) atoms. The second-order valence-electron chi connectivity index (χ2n) is 12.8. The van der Waals surface area contributed by atoms with E-state index in [2.05, 4.69) is 30.0 Å². The molecule has 0 radical (unpaired) electrons. The van der Waals surface area contributed by atoms with Crippen molar-refractivity contribution in [3.05, 3.63) is 47.2 Å². The van der Waals surface area contributed by atoms with E-state index >= 15 is 0 Å². The molecule has 0 bridgehead atoms. The number of carboxylic acids is 1.